The molecular formula is C19H19Cl2N3O4S2. The fourth-order valence-electron chi connectivity index (χ4n) is 3.16. The molecule has 0 saturated carbocycles. The predicted octanol–water partition coefficient (Wildman–Crippen LogP) is 4.09. The van der Waals surface area contributed by atoms with Gasteiger partial charge in [-0.05, 0) is 42.8 Å². The maximum absolute atomic E-state index is 13.0. The average molecular weight is 488 g/mol. The van der Waals surface area contributed by atoms with E-state index in [1.54, 1.807) is 32.2 Å². The number of halogens is 2. The number of nitrogens with zero attached hydrogens (tertiary/aromatic N) is 2. The molecule has 0 saturated heterocycles. The lowest BCUT2D eigenvalue weighted by atomic mass is 10.1. The first-order valence-corrected chi connectivity index (χ1v) is 12.3. The van der Waals surface area contributed by atoms with Crippen LogP contribution in [0, 0.1) is 0 Å². The van der Waals surface area contributed by atoms with Gasteiger partial charge >= 0.3 is 4.87 Å². The fraction of sp³-hybridized carbons (Fsp3) is 0.263. The summed E-state index contributed by atoms with van der Waals surface area (Å²) in [5.74, 6) is -0.512. The van der Waals surface area contributed by atoms with Gasteiger partial charge in [0.25, 0.3) is 0 Å². The number of anilines is 2. The number of carbonyl (C=O) groups excluding carboxylic acids is 1. The second-order valence-corrected chi connectivity index (χ2v) is 10.4. The largest absolute Gasteiger partial charge is 0.324 e. The number of fused-ring (bicyclic) bond motifs is 1. The van der Waals surface area contributed by atoms with Crippen LogP contribution in [0.3, 0.4) is 0 Å². The number of hydrogen-bond acceptors (Lipinski definition) is 5. The Balaban J connectivity index is 1.97. The number of benzene rings is 2. The average Bonchev–Trinajstić information content (AvgIpc) is 2.91. The number of nitrogens with one attached hydrogen (secondary N) is 1. The zero-order valence-electron chi connectivity index (χ0n) is 16.3. The zero-order chi connectivity index (χ0) is 22.2. The minimum Gasteiger partial charge on any atom is -0.324 e. The summed E-state index contributed by atoms with van der Waals surface area (Å²) in [5, 5.41) is 3.26. The van der Waals surface area contributed by atoms with Crippen LogP contribution in [0.2, 0.25) is 10.0 Å². The van der Waals surface area contributed by atoms with Crippen LogP contribution in [0.1, 0.15) is 13.3 Å². The van der Waals surface area contributed by atoms with Gasteiger partial charge in [-0.3, -0.25) is 13.9 Å². The Hall–Kier alpha value is -2.07. The van der Waals surface area contributed by atoms with Crippen LogP contribution < -0.4 is 14.5 Å². The van der Waals surface area contributed by atoms with E-state index >= 15 is 0 Å². The van der Waals surface area contributed by atoms with E-state index in [0.29, 0.717) is 5.69 Å². The van der Waals surface area contributed by atoms with Crippen molar-refractivity contribution < 1.29 is 13.2 Å². The molecule has 1 atom stereocenters. The second-order valence-electron chi connectivity index (χ2n) is 6.71. The van der Waals surface area contributed by atoms with Crippen LogP contribution in [0.4, 0.5) is 11.4 Å². The molecule has 0 aliphatic rings. The van der Waals surface area contributed by atoms with Crippen LogP contribution in [-0.2, 0) is 21.9 Å². The number of rotatable bonds is 6. The molecule has 1 N–H and O–H groups in total. The van der Waals surface area contributed by atoms with Gasteiger partial charge in [0.15, 0.2) is 0 Å². The number of aryl methyl sites for hydroxylation is 1. The van der Waals surface area contributed by atoms with Crippen molar-refractivity contribution in [2.24, 2.45) is 7.05 Å². The highest BCUT2D eigenvalue weighted by molar-refractivity contribution is 7.92. The van der Waals surface area contributed by atoms with Crippen molar-refractivity contribution in [1.29, 1.82) is 0 Å². The van der Waals surface area contributed by atoms with Crippen LogP contribution in [-0.4, -0.2) is 31.2 Å². The molecule has 0 unspecified atom stereocenters. The maximum Gasteiger partial charge on any atom is 0.307 e. The number of hydrogen-bond donors (Lipinski definition) is 1. The molecule has 11 heteroatoms. The van der Waals surface area contributed by atoms with E-state index in [9.17, 15) is 18.0 Å². The van der Waals surface area contributed by atoms with E-state index in [1.807, 2.05) is 0 Å². The van der Waals surface area contributed by atoms with Crippen molar-refractivity contribution in [3.05, 3.63) is 56.1 Å². The Bertz CT molecular complexity index is 1260. The lowest BCUT2D eigenvalue weighted by Crippen LogP contribution is -2.47. The summed E-state index contributed by atoms with van der Waals surface area (Å²) in [5.41, 5.74) is 1.42. The molecule has 160 valence electrons. The van der Waals surface area contributed by atoms with Gasteiger partial charge in [-0.1, -0.05) is 41.5 Å². The summed E-state index contributed by atoms with van der Waals surface area (Å²) in [6.07, 6.45) is 1.23. The molecule has 0 aliphatic heterocycles. The zero-order valence-corrected chi connectivity index (χ0v) is 19.5. The standard InChI is InChI=1S/C19H19Cl2N3O4S2/c1-4-15(24(30(3,27)28)14-8-11(20)7-12(21)9-14)18(25)22-13-5-6-16-17(10-13)29-19(26)23(16)2/h5-10,15H,4H2,1-3H3,(H,22,25)/t15-/m0/s1. The van der Waals surface area contributed by atoms with E-state index in [0.717, 1.165) is 32.1 Å². The van der Waals surface area contributed by atoms with Gasteiger partial charge in [-0.15, -0.1) is 0 Å². The molecule has 0 spiro atoms. The van der Waals surface area contributed by atoms with Gasteiger partial charge in [0, 0.05) is 22.8 Å². The Kier molecular flexibility index (Phi) is 6.47. The van der Waals surface area contributed by atoms with E-state index in [2.05, 4.69) is 5.32 Å². The number of aromatic nitrogens is 1. The van der Waals surface area contributed by atoms with Gasteiger partial charge in [0.2, 0.25) is 15.9 Å². The molecule has 0 radical (unpaired) electrons. The van der Waals surface area contributed by atoms with E-state index < -0.39 is 22.0 Å². The van der Waals surface area contributed by atoms with Gasteiger partial charge in [-0.2, -0.15) is 0 Å². The van der Waals surface area contributed by atoms with Gasteiger partial charge in [0.1, 0.15) is 6.04 Å². The molecule has 2 aromatic carbocycles. The van der Waals surface area contributed by atoms with Crippen molar-refractivity contribution in [3.8, 4) is 0 Å². The van der Waals surface area contributed by atoms with Crippen molar-refractivity contribution >= 4 is 72.1 Å². The Morgan fingerprint density at radius 2 is 1.83 bits per heavy atom. The Morgan fingerprint density at radius 1 is 1.20 bits per heavy atom. The summed E-state index contributed by atoms with van der Waals surface area (Å²) < 4.78 is 28.4. The summed E-state index contributed by atoms with van der Waals surface area (Å²) in [6.45, 7) is 1.71. The molecule has 7 nitrogen and oxygen atoms in total. The van der Waals surface area contributed by atoms with Crippen LogP contribution in [0.15, 0.2) is 41.2 Å². The summed E-state index contributed by atoms with van der Waals surface area (Å²) in [7, 11) is -2.15. The number of sulfonamides is 1. The summed E-state index contributed by atoms with van der Waals surface area (Å²) in [4.78, 5) is 24.8. The Morgan fingerprint density at radius 3 is 2.40 bits per heavy atom. The molecule has 0 bridgehead atoms. The second kappa shape index (κ2) is 8.58. The van der Waals surface area contributed by atoms with E-state index in [4.69, 9.17) is 23.2 Å². The molecule has 1 aromatic heterocycles. The minimum absolute atomic E-state index is 0.110. The van der Waals surface area contributed by atoms with E-state index in [1.165, 1.54) is 22.8 Å². The first-order valence-electron chi connectivity index (χ1n) is 8.87. The molecule has 1 heterocycles. The number of carbonyl (C=O) groups is 1. The van der Waals surface area contributed by atoms with Crippen LogP contribution in [0.5, 0.6) is 0 Å². The molecule has 3 rings (SSSR count). The molecule has 1 amide bonds. The van der Waals surface area contributed by atoms with Crippen LogP contribution >= 0.6 is 34.5 Å². The van der Waals surface area contributed by atoms with Gasteiger partial charge < -0.3 is 9.88 Å². The first kappa shape index (κ1) is 22.6. The fourth-order valence-corrected chi connectivity index (χ4v) is 5.79. The first-order chi connectivity index (χ1) is 14.0. The van der Waals surface area contributed by atoms with Crippen molar-refractivity contribution in [2.45, 2.75) is 19.4 Å². The lowest BCUT2D eigenvalue weighted by Gasteiger charge is -2.30. The normalized spacial score (nSPS) is 12.7. The Labute approximate surface area is 187 Å². The topological polar surface area (TPSA) is 88.5 Å². The third-order valence-electron chi connectivity index (χ3n) is 4.49. The molecule has 3 aromatic rings. The minimum atomic E-state index is -3.82. The predicted molar refractivity (Wildman–Crippen MR) is 124 cm³/mol. The highest BCUT2D eigenvalue weighted by atomic mass is 35.5. The SMILES string of the molecule is CC[C@@H](C(=O)Nc1ccc2c(c1)sc(=O)n2C)N(c1cc(Cl)cc(Cl)c1)S(C)(=O)=O. The molecular weight excluding hydrogens is 469 g/mol. The maximum atomic E-state index is 13.0. The molecule has 0 aliphatic carbocycles. The van der Waals surface area contributed by atoms with Crippen molar-refractivity contribution in [2.75, 3.05) is 15.9 Å². The smallest absolute Gasteiger partial charge is 0.307 e. The number of amides is 1. The van der Waals surface area contributed by atoms with Crippen molar-refractivity contribution in [3.63, 3.8) is 0 Å². The number of thiazole rings is 1. The highest BCUT2D eigenvalue weighted by Crippen LogP contribution is 2.30. The summed E-state index contributed by atoms with van der Waals surface area (Å²) in [6, 6.07) is 8.42. The summed E-state index contributed by atoms with van der Waals surface area (Å²) >= 11 is 13.1. The quantitative estimate of drug-likeness (QED) is 0.566. The molecule has 30 heavy (non-hydrogen) atoms. The van der Waals surface area contributed by atoms with Crippen molar-refractivity contribution in [1.82, 2.24) is 4.57 Å². The third-order valence-corrected chi connectivity index (χ3v) is 7.10. The van der Waals surface area contributed by atoms with Gasteiger partial charge in [0.05, 0.1) is 22.2 Å². The molecule has 0 fully saturated rings. The monoisotopic (exact) mass is 487 g/mol. The third kappa shape index (κ3) is 4.64. The highest BCUT2D eigenvalue weighted by Gasteiger charge is 2.32. The van der Waals surface area contributed by atoms with Crippen LogP contribution in [0.25, 0.3) is 10.2 Å². The van der Waals surface area contributed by atoms with E-state index in [-0.39, 0.29) is 27.0 Å². The lowest BCUT2D eigenvalue weighted by molar-refractivity contribution is -0.117. The van der Waals surface area contributed by atoms with Gasteiger partial charge in [-0.25, -0.2) is 8.42 Å².